The molecule has 0 saturated carbocycles. The summed E-state index contributed by atoms with van der Waals surface area (Å²) in [6.45, 7) is 2.28. The van der Waals surface area contributed by atoms with Gasteiger partial charge in [-0.1, -0.05) is 64.7 Å². The smallest absolute Gasteiger partial charge is 1.00 e. The number of aliphatic hydroxyl groups is 1. The van der Waals surface area contributed by atoms with Gasteiger partial charge < -0.3 is 21.9 Å². The summed E-state index contributed by atoms with van der Waals surface area (Å²) in [5.41, 5.74) is -2.74. The molecule has 0 aromatic carbocycles. The van der Waals surface area contributed by atoms with E-state index in [0.29, 0.717) is 0 Å². The van der Waals surface area contributed by atoms with E-state index in [9.17, 15) is 14.4 Å². The minimum atomic E-state index is -2.74. The number of unbranched alkanes of at least 4 members (excludes halogenated alkanes) is 9. The first-order valence-corrected chi connectivity index (χ1v) is 9.83. The van der Waals surface area contributed by atoms with E-state index in [1.807, 2.05) is 0 Å². The fourth-order valence-electron chi connectivity index (χ4n) is 2.31. The molecule has 4 N–H and O–H groups in total. The number of rotatable bonds is 15. The first-order chi connectivity index (χ1) is 12.2. The maximum atomic E-state index is 10.3. The fraction of sp³-hybridized carbons (Fsp3) is 0.833. The van der Waals surface area contributed by atoms with Gasteiger partial charge in [-0.15, -0.1) is 0 Å². The summed E-state index contributed by atoms with van der Waals surface area (Å²) in [7, 11) is 0. The van der Waals surface area contributed by atoms with Gasteiger partial charge in [-0.2, -0.15) is 12.6 Å². The van der Waals surface area contributed by atoms with Crippen molar-refractivity contribution in [2.24, 2.45) is 0 Å². The quantitative estimate of drug-likeness (QED) is 0.150. The maximum absolute atomic E-state index is 10.3. The van der Waals surface area contributed by atoms with Crippen molar-refractivity contribution >= 4 is 30.5 Å². The SMILES string of the molecule is CCCCCCCCCCCCS.O=C(O)CC(O)(CC(=O)O)C(=O)O.[H-].[Na+]. The zero-order valence-electron chi connectivity index (χ0n) is 17.7. The first kappa shape index (κ1) is 31.4. The second-order valence-corrected chi connectivity index (χ2v) is 6.83. The molecule has 0 spiro atoms. The molecule has 0 rings (SSSR count). The van der Waals surface area contributed by atoms with Crippen LogP contribution in [0.5, 0.6) is 0 Å². The van der Waals surface area contributed by atoms with Gasteiger partial charge in [0.05, 0.1) is 12.8 Å². The third-order valence-corrected chi connectivity index (χ3v) is 4.11. The van der Waals surface area contributed by atoms with Gasteiger partial charge in [0.1, 0.15) is 0 Å². The van der Waals surface area contributed by atoms with Gasteiger partial charge in [0.25, 0.3) is 0 Å². The van der Waals surface area contributed by atoms with E-state index in [2.05, 4.69) is 19.6 Å². The van der Waals surface area contributed by atoms with E-state index in [-0.39, 0.29) is 31.0 Å². The van der Waals surface area contributed by atoms with E-state index in [0.717, 1.165) is 5.75 Å². The summed E-state index contributed by atoms with van der Waals surface area (Å²) in [6.07, 6.45) is 11.9. The average Bonchev–Trinajstić information content (AvgIpc) is 2.52. The van der Waals surface area contributed by atoms with Crippen LogP contribution in [0.3, 0.4) is 0 Å². The Morgan fingerprint density at radius 2 is 1.11 bits per heavy atom. The third kappa shape index (κ3) is 21.9. The summed E-state index contributed by atoms with van der Waals surface area (Å²) in [5.74, 6) is -3.95. The standard InChI is InChI=1S/C12H26S.C6H8O7.Na.H/c1-2-3-4-5-6-7-8-9-10-11-12-13;7-3(8)1-6(13,5(11)12)2-4(9)10;;/h13H,2-12H2,1H3;13H,1-2H2,(H,7,8)(H,9,10)(H,11,12);;/q;;+1;-1. The summed E-state index contributed by atoms with van der Waals surface area (Å²) < 4.78 is 0. The Kier molecular flexibility index (Phi) is 23.8. The number of carboxylic acid groups (broad SMARTS) is 3. The molecule has 156 valence electrons. The van der Waals surface area contributed by atoms with Crippen molar-refractivity contribution in [1.29, 1.82) is 0 Å². The molecule has 0 heterocycles. The van der Waals surface area contributed by atoms with Crippen LogP contribution in [0, 0.1) is 0 Å². The molecule has 0 fully saturated rings. The molecule has 0 amide bonds. The summed E-state index contributed by atoms with van der Waals surface area (Å²) in [4.78, 5) is 30.5. The minimum Gasteiger partial charge on any atom is -1.00 e. The maximum Gasteiger partial charge on any atom is 1.00 e. The molecular formula is C18H35NaO7S. The van der Waals surface area contributed by atoms with Gasteiger partial charge in [0, 0.05) is 0 Å². The van der Waals surface area contributed by atoms with E-state index in [4.69, 9.17) is 20.4 Å². The second-order valence-electron chi connectivity index (χ2n) is 6.38. The van der Waals surface area contributed by atoms with Gasteiger partial charge in [0.2, 0.25) is 0 Å². The van der Waals surface area contributed by atoms with E-state index < -0.39 is 36.4 Å². The van der Waals surface area contributed by atoms with E-state index in [1.54, 1.807) is 0 Å². The van der Waals surface area contributed by atoms with Crippen LogP contribution in [0.25, 0.3) is 0 Å². The van der Waals surface area contributed by atoms with Crippen LogP contribution in [-0.4, -0.2) is 49.7 Å². The Balaban J connectivity index is -0.000000192. The number of carbonyl (C=O) groups is 3. The van der Waals surface area contributed by atoms with Crippen LogP contribution < -0.4 is 29.6 Å². The molecule has 0 aromatic rings. The molecule has 0 radical (unpaired) electrons. The Hall–Kier alpha value is -0.280. The summed E-state index contributed by atoms with van der Waals surface area (Å²) in [5, 5.41) is 33.8. The van der Waals surface area contributed by atoms with Crippen LogP contribution in [0.2, 0.25) is 0 Å². The van der Waals surface area contributed by atoms with Crippen molar-refractivity contribution in [3.05, 3.63) is 0 Å². The summed E-state index contributed by atoms with van der Waals surface area (Å²) >= 11 is 4.20. The Labute approximate surface area is 191 Å². The van der Waals surface area contributed by atoms with Crippen LogP contribution in [0.15, 0.2) is 0 Å². The topological polar surface area (TPSA) is 132 Å². The molecule has 9 heteroatoms. The molecular weight excluding hydrogens is 383 g/mol. The number of hydrogen-bond donors (Lipinski definition) is 5. The number of hydrogen-bond acceptors (Lipinski definition) is 5. The first-order valence-electron chi connectivity index (χ1n) is 9.19. The molecule has 0 bridgehead atoms. The zero-order chi connectivity index (χ0) is 20.4. The normalized spacial score (nSPS) is 10.3. The molecule has 0 unspecified atom stereocenters. The van der Waals surface area contributed by atoms with Crippen LogP contribution in [0.1, 0.15) is 85.4 Å². The molecule has 0 atom stereocenters. The van der Waals surface area contributed by atoms with Gasteiger partial charge in [0.15, 0.2) is 5.60 Å². The minimum absolute atomic E-state index is 0. The van der Waals surface area contributed by atoms with Crippen molar-refractivity contribution in [1.82, 2.24) is 0 Å². The zero-order valence-corrected chi connectivity index (χ0v) is 19.5. The largest absolute Gasteiger partial charge is 1.00 e. The fourth-order valence-corrected chi connectivity index (χ4v) is 2.54. The van der Waals surface area contributed by atoms with Gasteiger partial charge in [-0.05, 0) is 12.2 Å². The molecule has 0 aliphatic carbocycles. The molecule has 0 aliphatic rings. The monoisotopic (exact) mass is 418 g/mol. The van der Waals surface area contributed by atoms with Crippen LogP contribution >= 0.6 is 12.6 Å². The van der Waals surface area contributed by atoms with Gasteiger partial charge >= 0.3 is 47.5 Å². The van der Waals surface area contributed by atoms with Crippen LogP contribution in [-0.2, 0) is 14.4 Å². The van der Waals surface area contributed by atoms with Crippen molar-refractivity contribution in [2.45, 2.75) is 89.6 Å². The predicted octanol–water partition coefficient (Wildman–Crippen LogP) is 0.705. The van der Waals surface area contributed by atoms with E-state index >= 15 is 0 Å². The molecule has 27 heavy (non-hydrogen) atoms. The van der Waals surface area contributed by atoms with Crippen molar-refractivity contribution in [2.75, 3.05) is 5.75 Å². The van der Waals surface area contributed by atoms with Crippen molar-refractivity contribution < 1.29 is 65.8 Å². The molecule has 0 saturated heterocycles. The van der Waals surface area contributed by atoms with Crippen LogP contribution in [0.4, 0.5) is 0 Å². The number of carboxylic acids is 3. The molecule has 7 nitrogen and oxygen atoms in total. The number of thiol groups is 1. The Morgan fingerprint density at radius 3 is 1.37 bits per heavy atom. The average molecular weight is 419 g/mol. The molecule has 0 aromatic heterocycles. The number of aliphatic carboxylic acids is 3. The van der Waals surface area contributed by atoms with Gasteiger partial charge in [-0.25, -0.2) is 4.79 Å². The van der Waals surface area contributed by atoms with Crippen molar-refractivity contribution in [3.8, 4) is 0 Å². The second kappa shape index (κ2) is 20.5. The van der Waals surface area contributed by atoms with E-state index in [1.165, 1.54) is 64.2 Å². The molecule has 0 aliphatic heterocycles. The Bertz CT molecular complexity index is 385. The Morgan fingerprint density at radius 1 is 0.778 bits per heavy atom. The third-order valence-electron chi connectivity index (χ3n) is 3.80. The predicted molar refractivity (Wildman–Crippen MR) is 104 cm³/mol. The van der Waals surface area contributed by atoms with Crippen molar-refractivity contribution in [3.63, 3.8) is 0 Å². The van der Waals surface area contributed by atoms with Gasteiger partial charge in [-0.3, -0.25) is 9.59 Å². The summed E-state index contributed by atoms with van der Waals surface area (Å²) in [6, 6.07) is 0.